The second-order valence-corrected chi connectivity index (χ2v) is 26.1. The number of hydrogen-bond acceptors (Lipinski definition) is 7. The predicted octanol–water partition coefficient (Wildman–Crippen LogP) is 8.36. The summed E-state index contributed by atoms with van der Waals surface area (Å²) in [6, 6.07) is 10.1. The number of nitrogens with zero attached hydrogens (tertiary/aromatic N) is 3. The summed E-state index contributed by atoms with van der Waals surface area (Å²) in [5, 5.41) is 0.582. The fourth-order valence-corrected chi connectivity index (χ4v) is 13.2. The molecule has 2 fully saturated rings. The average molecular weight is 738 g/mol. The van der Waals surface area contributed by atoms with Crippen molar-refractivity contribution in [2.75, 3.05) is 6.61 Å². The Kier molecular flexibility index (Phi) is 8.80. The molecule has 0 saturated carbocycles. The van der Waals surface area contributed by atoms with Crippen molar-refractivity contribution in [3.8, 4) is 5.88 Å². The van der Waals surface area contributed by atoms with Crippen LogP contribution in [0, 0.1) is 3.57 Å². The fraction of sp³-hybridized carbons (Fsp3) is 0.625. The van der Waals surface area contributed by atoms with E-state index < -0.39 is 23.1 Å². The summed E-state index contributed by atoms with van der Waals surface area (Å²) in [4.78, 5) is 9.27. The number of halogens is 1. The molecule has 8 nitrogen and oxygen atoms in total. The molecule has 2 aromatic heterocycles. The molecule has 11 heteroatoms. The van der Waals surface area contributed by atoms with Crippen molar-refractivity contribution in [2.45, 2.75) is 122 Å². The van der Waals surface area contributed by atoms with Gasteiger partial charge in [-0.15, -0.1) is 0 Å². The van der Waals surface area contributed by atoms with Crippen molar-refractivity contribution < 1.29 is 22.8 Å². The molecule has 4 heterocycles. The van der Waals surface area contributed by atoms with Crippen LogP contribution < -0.4 is 4.74 Å². The van der Waals surface area contributed by atoms with Gasteiger partial charge in [-0.3, -0.25) is 0 Å². The average Bonchev–Trinajstić information content (AvgIpc) is 3.42. The van der Waals surface area contributed by atoms with Crippen molar-refractivity contribution >= 4 is 50.5 Å². The Morgan fingerprint density at radius 1 is 1.00 bits per heavy atom. The van der Waals surface area contributed by atoms with Gasteiger partial charge in [0.1, 0.15) is 31.2 Å². The molecule has 2 aliphatic heterocycles. The maximum atomic E-state index is 7.30. The number of hydrogen-bond donors (Lipinski definition) is 0. The van der Waals surface area contributed by atoms with E-state index >= 15 is 0 Å². The summed E-state index contributed by atoms with van der Waals surface area (Å²) < 4.78 is 37.6. The standard InChI is InChI=1S/C32H48IN3O5Si2/c1-30(2,3)42(10,11)40-26-25-23(19-38-43(41-25,31(4,5)6)32(7,8)9)39-29(26)36-17-22(33)24-27(36)34-20-35-28(24)37-18-21-15-13-12-14-16-21/h12-17,20,23,25-26,29H,18-19H2,1-11H3/t23-,25-,26-,29-/m1/s1. The molecular weight excluding hydrogens is 689 g/mol. The highest BCUT2D eigenvalue weighted by Gasteiger charge is 2.66. The minimum absolute atomic E-state index is 0.0111. The van der Waals surface area contributed by atoms with Crippen LogP contribution in [0.1, 0.15) is 74.1 Å². The van der Waals surface area contributed by atoms with Crippen LogP contribution in [0.15, 0.2) is 42.9 Å². The smallest absolute Gasteiger partial charge is 0.349 e. The summed E-state index contributed by atoms with van der Waals surface area (Å²) >= 11 is 2.34. The zero-order valence-corrected chi connectivity index (χ0v) is 31.7. The summed E-state index contributed by atoms with van der Waals surface area (Å²) in [5.41, 5.74) is 1.84. The van der Waals surface area contributed by atoms with Gasteiger partial charge < -0.3 is 27.3 Å². The molecule has 0 unspecified atom stereocenters. The van der Waals surface area contributed by atoms with E-state index in [1.807, 2.05) is 30.3 Å². The summed E-state index contributed by atoms with van der Waals surface area (Å²) in [5.74, 6) is 0.556. The Balaban J connectivity index is 1.57. The Hall–Kier alpha value is -1.36. The SMILES string of the molecule is CC(C)(C)[Si](C)(C)O[C@@H]1[C@@H]2O[Si](C(C)(C)C)(C(C)(C)C)OC[C@H]2O[C@H]1n1cc(I)c2c(OCc3ccccc3)ncnc21. The van der Waals surface area contributed by atoms with Gasteiger partial charge in [0.15, 0.2) is 20.2 Å². The van der Waals surface area contributed by atoms with Gasteiger partial charge in [-0.2, -0.15) is 0 Å². The van der Waals surface area contributed by atoms with E-state index in [2.05, 4.69) is 114 Å². The number of aromatic nitrogens is 3. The fourth-order valence-electron chi connectivity index (χ4n) is 6.23. The third-order valence-electron chi connectivity index (χ3n) is 9.27. The van der Waals surface area contributed by atoms with E-state index in [1.165, 1.54) is 0 Å². The molecule has 1 aromatic carbocycles. The second kappa shape index (κ2) is 11.5. The van der Waals surface area contributed by atoms with E-state index in [4.69, 9.17) is 27.7 Å². The van der Waals surface area contributed by atoms with Gasteiger partial charge in [0, 0.05) is 19.8 Å². The third kappa shape index (κ3) is 5.99. The topological polar surface area (TPSA) is 76.9 Å². The molecule has 0 spiro atoms. The number of benzene rings is 1. The van der Waals surface area contributed by atoms with Crippen molar-refractivity contribution in [1.29, 1.82) is 0 Å². The number of fused-ring (bicyclic) bond motifs is 2. The molecule has 43 heavy (non-hydrogen) atoms. The van der Waals surface area contributed by atoms with E-state index in [-0.39, 0.29) is 33.4 Å². The van der Waals surface area contributed by atoms with Crippen LogP contribution in [0.2, 0.25) is 28.2 Å². The summed E-state index contributed by atoms with van der Waals surface area (Å²) in [6.45, 7) is 25.8. The van der Waals surface area contributed by atoms with Gasteiger partial charge in [0.05, 0.1) is 12.0 Å². The lowest BCUT2D eigenvalue weighted by atomic mass is 10.1. The maximum Gasteiger partial charge on any atom is 0.349 e. The van der Waals surface area contributed by atoms with Crippen LogP contribution in [0.4, 0.5) is 0 Å². The van der Waals surface area contributed by atoms with Gasteiger partial charge in [0.2, 0.25) is 5.88 Å². The first kappa shape index (κ1) is 33.0. The highest BCUT2D eigenvalue weighted by Crippen LogP contribution is 2.57. The van der Waals surface area contributed by atoms with Gasteiger partial charge in [-0.1, -0.05) is 92.6 Å². The lowest BCUT2D eigenvalue weighted by molar-refractivity contribution is -0.0794. The monoisotopic (exact) mass is 737 g/mol. The Bertz CT molecular complexity index is 1430. The highest BCUT2D eigenvalue weighted by atomic mass is 127. The molecule has 4 atom stereocenters. The third-order valence-corrected chi connectivity index (χ3v) is 19.7. The molecule has 0 radical (unpaired) electrons. The van der Waals surface area contributed by atoms with Gasteiger partial charge >= 0.3 is 8.56 Å². The Morgan fingerprint density at radius 2 is 1.65 bits per heavy atom. The first-order valence-corrected chi connectivity index (χ1v) is 21.0. The Labute approximate surface area is 272 Å². The lowest BCUT2D eigenvalue weighted by Gasteiger charge is -2.54. The quantitative estimate of drug-likeness (QED) is 0.186. The van der Waals surface area contributed by atoms with Crippen LogP contribution in [-0.4, -0.2) is 56.3 Å². The molecular formula is C32H48IN3O5Si2. The lowest BCUT2D eigenvalue weighted by Crippen LogP contribution is -2.66. The molecule has 0 bridgehead atoms. The van der Waals surface area contributed by atoms with E-state index in [1.54, 1.807) is 6.33 Å². The first-order valence-electron chi connectivity index (χ1n) is 15.2. The van der Waals surface area contributed by atoms with Crippen LogP contribution in [0.3, 0.4) is 0 Å². The van der Waals surface area contributed by atoms with E-state index in [0.717, 1.165) is 20.2 Å². The molecule has 236 valence electrons. The summed E-state index contributed by atoms with van der Waals surface area (Å²) in [6.07, 6.45) is 2.36. The number of rotatable bonds is 6. The number of ether oxygens (including phenoxy) is 2. The molecule has 0 aliphatic carbocycles. The van der Waals surface area contributed by atoms with Gasteiger partial charge in [-0.05, 0) is 46.3 Å². The molecule has 2 aliphatic rings. The normalized spacial score (nSPS) is 24.7. The zero-order chi connectivity index (χ0) is 31.6. The Morgan fingerprint density at radius 3 is 2.26 bits per heavy atom. The first-order chi connectivity index (χ1) is 19.9. The zero-order valence-electron chi connectivity index (χ0n) is 27.5. The molecule has 0 amide bonds. The van der Waals surface area contributed by atoms with Crippen molar-refractivity contribution in [1.82, 2.24) is 14.5 Å². The van der Waals surface area contributed by atoms with Gasteiger partial charge in [0.25, 0.3) is 0 Å². The van der Waals surface area contributed by atoms with Crippen LogP contribution in [0.5, 0.6) is 5.88 Å². The van der Waals surface area contributed by atoms with Crippen molar-refractivity contribution in [2.24, 2.45) is 0 Å². The largest absolute Gasteiger partial charge is 0.472 e. The molecule has 0 N–H and O–H groups in total. The molecule has 2 saturated heterocycles. The maximum absolute atomic E-state index is 7.30. The van der Waals surface area contributed by atoms with E-state index in [9.17, 15) is 0 Å². The van der Waals surface area contributed by atoms with Crippen LogP contribution in [0.25, 0.3) is 11.0 Å². The minimum atomic E-state index is -2.77. The molecule has 5 rings (SSSR count). The molecule has 3 aromatic rings. The van der Waals surface area contributed by atoms with Gasteiger partial charge in [-0.25, -0.2) is 9.97 Å². The van der Waals surface area contributed by atoms with Crippen LogP contribution in [-0.2, 0) is 24.6 Å². The van der Waals surface area contributed by atoms with E-state index in [0.29, 0.717) is 19.1 Å². The van der Waals surface area contributed by atoms with Crippen molar-refractivity contribution in [3.05, 3.63) is 52.0 Å². The van der Waals surface area contributed by atoms with Crippen molar-refractivity contribution in [3.63, 3.8) is 0 Å². The highest BCUT2D eigenvalue weighted by molar-refractivity contribution is 14.1. The van der Waals surface area contributed by atoms with Crippen LogP contribution >= 0.6 is 22.6 Å². The predicted molar refractivity (Wildman–Crippen MR) is 183 cm³/mol. The second-order valence-electron chi connectivity index (χ2n) is 15.5. The minimum Gasteiger partial charge on any atom is -0.472 e. The summed E-state index contributed by atoms with van der Waals surface area (Å²) in [7, 11) is -5.01.